The molecule has 1 aromatic rings. The first kappa shape index (κ1) is 15.1. The second-order valence-corrected chi connectivity index (χ2v) is 5.70. The normalized spacial score (nSPS) is 15.8. The number of benzene rings is 1. The van der Waals surface area contributed by atoms with E-state index in [4.69, 9.17) is 23.2 Å². The lowest BCUT2D eigenvalue weighted by Gasteiger charge is -2.22. The fraction of sp³-hybridized carbons (Fsp3) is 0.429. The van der Waals surface area contributed by atoms with Gasteiger partial charge in [-0.2, -0.15) is 0 Å². The SMILES string of the molecule is CC1=NCCN1C(=NC(C)C)Nc1ccc(Cl)c(Cl)c1. The molecule has 0 unspecified atom stereocenters. The summed E-state index contributed by atoms with van der Waals surface area (Å²) in [4.78, 5) is 11.1. The van der Waals surface area contributed by atoms with E-state index in [1.54, 1.807) is 12.1 Å². The molecule has 0 saturated heterocycles. The topological polar surface area (TPSA) is 40.0 Å². The zero-order chi connectivity index (χ0) is 14.7. The monoisotopic (exact) mass is 312 g/mol. The molecule has 1 aromatic carbocycles. The molecule has 0 atom stereocenters. The molecular formula is C14H18Cl2N4. The summed E-state index contributed by atoms with van der Waals surface area (Å²) < 4.78 is 0. The van der Waals surface area contributed by atoms with Gasteiger partial charge in [0.1, 0.15) is 5.84 Å². The van der Waals surface area contributed by atoms with Gasteiger partial charge in [-0.25, -0.2) is 4.99 Å². The van der Waals surface area contributed by atoms with Crippen LogP contribution >= 0.6 is 23.2 Å². The van der Waals surface area contributed by atoms with E-state index in [1.165, 1.54) is 0 Å². The first-order valence-corrected chi connectivity index (χ1v) is 7.31. The lowest BCUT2D eigenvalue weighted by atomic mass is 10.3. The van der Waals surface area contributed by atoms with E-state index in [2.05, 4.69) is 20.2 Å². The zero-order valence-electron chi connectivity index (χ0n) is 11.8. The highest BCUT2D eigenvalue weighted by Crippen LogP contribution is 2.25. The first-order valence-electron chi connectivity index (χ1n) is 6.56. The minimum atomic E-state index is 0.189. The highest BCUT2D eigenvalue weighted by Gasteiger charge is 2.19. The number of nitrogens with zero attached hydrogens (tertiary/aromatic N) is 3. The minimum absolute atomic E-state index is 0.189. The minimum Gasteiger partial charge on any atom is -0.326 e. The Morgan fingerprint density at radius 1 is 1.35 bits per heavy atom. The van der Waals surface area contributed by atoms with Crippen LogP contribution in [0.1, 0.15) is 20.8 Å². The number of aliphatic imine (C=N–C) groups is 2. The highest BCUT2D eigenvalue weighted by atomic mass is 35.5. The van der Waals surface area contributed by atoms with E-state index in [-0.39, 0.29) is 6.04 Å². The molecule has 0 saturated carbocycles. The second-order valence-electron chi connectivity index (χ2n) is 4.88. The average Bonchev–Trinajstić information content (AvgIpc) is 2.79. The van der Waals surface area contributed by atoms with E-state index >= 15 is 0 Å². The number of guanidine groups is 1. The Morgan fingerprint density at radius 2 is 2.10 bits per heavy atom. The Kier molecular flexibility index (Phi) is 4.89. The summed E-state index contributed by atoms with van der Waals surface area (Å²) in [6.45, 7) is 7.70. The largest absolute Gasteiger partial charge is 0.326 e. The maximum absolute atomic E-state index is 6.04. The molecule has 0 amide bonds. The van der Waals surface area contributed by atoms with Crippen LogP contribution < -0.4 is 5.32 Å². The third kappa shape index (κ3) is 3.64. The number of nitrogens with one attached hydrogen (secondary N) is 1. The van der Waals surface area contributed by atoms with Gasteiger partial charge in [-0.15, -0.1) is 0 Å². The number of rotatable bonds is 2. The molecule has 0 spiro atoms. The van der Waals surface area contributed by atoms with Crippen LogP contribution in [0.25, 0.3) is 0 Å². The predicted molar refractivity (Wildman–Crippen MR) is 87.3 cm³/mol. The third-order valence-electron chi connectivity index (χ3n) is 2.87. The molecule has 0 aliphatic carbocycles. The molecule has 1 aliphatic rings. The van der Waals surface area contributed by atoms with Gasteiger partial charge in [-0.3, -0.25) is 9.89 Å². The zero-order valence-corrected chi connectivity index (χ0v) is 13.3. The molecule has 0 bridgehead atoms. The van der Waals surface area contributed by atoms with E-state index < -0.39 is 0 Å². The highest BCUT2D eigenvalue weighted by molar-refractivity contribution is 6.42. The molecule has 1 aliphatic heterocycles. The van der Waals surface area contributed by atoms with E-state index in [0.29, 0.717) is 10.0 Å². The number of hydrogen-bond donors (Lipinski definition) is 1. The van der Waals surface area contributed by atoms with Crippen LogP contribution in [-0.2, 0) is 0 Å². The molecule has 0 aromatic heterocycles. The van der Waals surface area contributed by atoms with Crippen molar-refractivity contribution in [2.45, 2.75) is 26.8 Å². The molecule has 4 nitrogen and oxygen atoms in total. The van der Waals surface area contributed by atoms with Gasteiger partial charge in [0.25, 0.3) is 0 Å². The summed E-state index contributed by atoms with van der Waals surface area (Å²) in [5.74, 6) is 1.76. The molecule has 6 heteroatoms. The molecule has 1 N–H and O–H groups in total. The first-order chi connectivity index (χ1) is 9.47. The molecular weight excluding hydrogens is 295 g/mol. The van der Waals surface area contributed by atoms with E-state index in [9.17, 15) is 0 Å². The van der Waals surface area contributed by atoms with Crippen molar-refractivity contribution in [3.8, 4) is 0 Å². The lowest BCUT2D eigenvalue weighted by molar-refractivity contribution is 0.646. The Morgan fingerprint density at radius 3 is 2.65 bits per heavy atom. The van der Waals surface area contributed by atoms with Gasteiger partial charge >= 0.3 is 0 Å². The molecule has 108 valence electrons. The van der Waals surface area contributed by atoms with Crippen molar-refractivity contribution in [3.05, 3.63) is 28.2 Å². The maximum Gasteiger partial charge on any atom is 0.204 e. The van der Waals surface area contributed by atoms with E-state index in [0.717, 1.165) is 30.6 Å². The molecule has 0 fully saturated rings. The van der Waals surface area contributed by atoms with Crippen molar-refractivity contribution < 1.29 is 0 Å². The maximum atomic E-state index is 6.04. The quantitative estimate of drug-likeness (QED) is 0.664. The van der Waals surface area contributed by atoms with Crippen LogP contribution in [0.15, 0.2) is 28.2 Å². The van der Waals surface area contributed by atoms with Crippen molar-refractivity contribution in [2.75, 3.05) is 18.4 Å². The van der Waals surface area contributed by atoms with Gasteiger partial charge in [0.05, 0.1) is 16.6 Å². The van der Waals surface area contributed by atoms with Crippen LogP contribution in [0.5, 0.6) is 0 Å². The second kappa shape index (κ2) is 6.46. The summed E-state index contributed by atoms with van der Waals surface area (Å²) >= 11 is 12.0. The molecule has 1 heterocycles. The Labute approximate surface area is 129 Å². The van der Waals surface area contributed by atoms with E-state index in [1.807, 2.05) is 26.8 Å². The van der Waals surface area contributed by atoms with Crippen molar-refractivity contribution in [1.29, 1.82) is 0 Å². The van der Waals surface area contributed by atoms with Gasteiger partial charge in [-0.1, -0.05) is 23.2 Å². The Hall–Kier alpha value is -1.26. The summed E-state index contributed by atoms with van der Waals surface area (Å²) in [7, 11) is 0. The number of hydrogen-bond acceptors (Lipinski definition) is 2. The van der Waals surface area contributed by atoms with Gasteiger partial charge in [0.2, 0.25) is 5.96 Å². The number of halogens is 2. The molecule has 0 radical (unpaired) electrons. The Bertz CT molecular complexity index is 552. The lowest BCUT2D eigenvalue weighted by Crippen LogP contribution is -2.38. The summed E-state index contributed by atoms with van der Waals surface area (Å²) in [6, 6.07) is 5.63. The van der Waals surface area contributed by atoms with Gasteiger partial charge in [0, 0.05) is 18.3 Å². The predicted octanol–water partition coefficient (Wildman–Crippen LogP) is 3.90. The van der Waals surface area contributed by atoms with Gasteiger partial charge in [0.15, 0.2) is 0 Å². The fourth-order valence-electron chi connectivity index (χ4n) is 1.94. The summed E-state index contributed by atoms with van der Waals surface area (Å²) in [5, 5.41) is 4.36. The Balaban J connectivity index is 2.24. The van der Waals surface area contributed by atoms with Crippen LogP contribution in [0, 0.1) is 0 Å². The van der Waals surface area contributed by atoms with Crippen molar-refractivity contribution >= 4 is 40.7 Å². The van der Waals surface area contributed by atoms with Gasteiger partial charge in [-0.05, 0) is 39.0 Å². The summed E-state index contributed by atoms with van der Waals surface area (Å²) in [6.07, 6.45) is 0. The average molecular weight is 313 g/mol. The van der Waals surface area contributed by atoms with Crippen molar-refractivity contribution in [2.24, 2.45) is 9.98 Å². The fourth-order valence-corrected chi connectivity index (χ4v) is 2.23. The number of anilines is 1. The standard InChI is InChI=1S/C14H18Cl2N4/c1-9(2)18-14(20-7-6-17-10(20)3)19-11-4-5-12(15)13(16)8-11/h4-5,8-9H,6-7H2,1-3H3,(H,18,19). The van der Waals surface area contributed by atoms with Gasteiger partial charge < -0.3 is 5.32 Å². The number of amidine groups is 1. The smallest absolute Gasteiger partial charge is 0.204 e. The van der Waals surface area contributed by atoms with Crippen LogP contribution in [0.4, 0.5) is 5.69 Å². The summed E-state index contributed by atoms with van der Waals surface area (Å²) in [5.41, 5.74) is 0.860. The molecule has 20 heavy (non-hydrogen) atoms. The third-order valence-corrected chi connectivity index (χ3v) is 3.61. The van der Waals surface area contributed by atoms with Crippen LogP contribution in [0.2, 0.25) is 10.0 Å². The van der Waals surface area contributed by atoms with Crippen molar-refractivity contribution in [1.82, 2.24) is 4.90 Å². The van der Waals surface area contributed by atoms with Crippen LogP contribution in [0.3, 0.4) is 0 Å². The van der Waals surface area contributed by atoms with Crippen LogP contribution in [-0.4, -0.2) is 35.8 Å². The molecule has 2 rings (SSSR count). The van der Waals surface area contributed by atoms with Crippen molar-refractivity contribution in [3.63, 3.8) is 0 Å².